The Labute approximate surface area is 89.1 Å². The summed E-state index contributed by atoms with van der Waals surface area (Å²) < 4.78 is 1.70. The first-order valence-corrected chi connectivity index (χ1v) is 4.95. The number of hydrogen-bond acceptors (Lipinski definition) is 3. The summed E-state index contributed by atoms with van der Waals surface area (Å²) in [6.07, 6.45) is 2.37. The highest BCUT2D eigenvalue weighted by Gasteiger charge is 2.30. The third-order valence-electron chi connectivity index (χ3n) is 2.61. The molecule has 1 heterocycles. The maximum absolute atomic E-state index is 11.0. The summed E-state index contributed by atoms with van der Waals surface area (Å²) in [7, 11) is 1.83. The van der Waals surface area contributed by atoms with Gasteiger partial charge >= 0.3 is 5.97 Å². The summed E-state index contributed by atoms with van der Waals surface area (Å²) in [6, 6.07) is 1.87. The number of carbonyl (C=O) groups is 1. The molecule has 1 unspecified atom stereocenters. The van der Waals surface area contributed by atoms with Crippen molar-refractivity contribution in [1.29, 1.82) is 0 Å². The second kappa shape index (κ2) is 4.44. The zero-order chi connectivity index (χ0) is 11.5. The summed E-state index contributed by atoms with van der Waals surface area (Å²) in [5.74, 6) is -0.832. The Bertz CT molecular complexity index is 348. The Morgan fingerprint density at radius 2 is 2.40 bits per heavy atom. The zero-order valence-corrected chi connectivity index (χ0v) is 9.32. The van der Waals surface area contributed by atoms with Crippen molar-refractivity contribution in [3.8, 4) is 0 Å². The van der Waals surface area contributed by atoms with Crippen LogP contribution in [0.4, 0.5) is 0 Å². The van der Waals surface area contributed by atoms with Gasteiger partial charge in [-0.05, 0) is 19.4 Å². The number of hydrogen-bond donors (Lipinski definition) is 2. The number of nitrogens with one attached hydrogen (secondary N) is 1. The number of aryl methyl sites for hydroxylation is 1. The lowest BCUT2D eigenvalue weighted by molar-refractivity contribution is -0.144. The predicted molar refractivity (Wildman–Crippen MR) is 56.4 cm³/mol. The molecule has 0 aliphatic carbocycles. The summed E-state index contributed by atoms with van der Waals surface area (Å²) in [4.78, 5) is 11.0. The van der Waals surface area contributed by atoms with E-state index >= 15 is 0 Å². The van der Waals surface area contributed by atoms with Crippen LogP contribution in [0.2, 0.25) is 0 Å². The van der Waals surface area contributed by atoms with E-state index in [1.54, 1.807) is 11.6 Å². The van der Waals surface area contributed by atoms with Gasteiger partial charge in [-0.15, -0.1) is 0 Å². The minimum Gasteiger partial charge on any atom is -0.480 e. The van der Waals surface area contributed by atoms with Crippen LogP contribution in [-0.4, -0.2) is 26.4 Å². The molecule has 1 aromatic rings. The number of rotatable bonds is 5. The van der Waals surface area contributed by atoms with Gasteiger partial charge in [0.25, 0.3) is 0 Å². The fourth-order valence-corrected chi connectivity index (χ4v) is 1.19. The topological polar surface area (TPSA) is 67.2 Å². The van der Waals surface area contributed by atoms with E-state index in [9.17, 15) is 4.79 Å². The molecule has 0 aliphatic heterocycles. The predicted octanol–water partition coefficient (Wildman–Crippen LogP) is 0.763. The fraction of sp³-hybridized carbons (Fsp3) is 0.600. The molecule has 0 saturated heterocycles. The molecule has 0 amide bonds. The lowest BCUT2D eigenvalue weighted by Crippen LogP contribution is -2.48. The molecule has 1 aromatic heterocycles. The van der Waals surface area contributed by atoms with Crippen LogP contribution >= 0.6 is 0 Å². The van der Waals surface area contributed by atoms with Crippen LogP contribution in [-0.2, 0) is 18.4 Å². The summed E-state index contributed by atoms with van der Waals surface area (Å²) in [6.45, 7) is 4.00. The fourth-order valence-electron chi connectivity index (χ4n) is 1.19. The van der Waals surface area contributed by atoms with Gasteiger partial charge in [0.2, 0.25) is 0 Å². The normalized spacial score (nSPS) is 14.9. The van der Waals surface area contributed by atoms with E-state index in [1.807, 2.05) is 26.2 Å². The quantitative estimate of drug-likeness (QED) is 0.754. The van der Waals surface area contributed by atoms with E-state index < -0.39 is 11.5 Å². The second-order valence-corrected chi connectivity index (χ2v) is 3.83. The minimum absolute atomic E-state index is 0.470. The third-order valence-corrected chi connectivity index (χ3v) is 2.61. The molecule has 1 rings (SSSR count). The second-order valence-electron chi connectivity index (χ2n) is 3.83. The van der Waals surface area contributed by atoms with E-state index in [0.29, 0.717) is 13.0 Å². The van der Waals surface area contributed by atoms with Crippen molar-refractivity contribution >= 4 is 5.97 Å². The number of carboxylic acids is 1. The molecule has 0 spiro atoms. The highest BCUT2D eigenvalue weighted by molar-refractivity contribution is 5.78. The molecule has 0 radical (unpaired) electrons. The van der Waals surface area contributed by atoms with E-state index in [0.717, 1.165) is 5.69 Å². The Hall–Kier alpha value is -1.36. The van der Waals surface area contributed by atoms with Crippen molar-refractivity contribution < 1.29 is 9.90 Å². The summed E-state index contributed by atoms with van der Waals surface area (Å²) in [5, 5.41) is 16.2. The molecule has 84 valence electrons. The van der Waals surface area contributed by atoms with Crippen LogP contribution < -0.4 is 5.32 Å². The number of carboxylic acid groups (broad SMARTS) is 1. The lowest BCUT2D eigenvalue weighted by atomic mass is 9.99. The summed E-state index contributed by atoms with van der Waals surface area (Å²) >= 11 is 0. The van der Waals surface area contributed by atoms with Crippen LogP contribution in [0.3, 0.4) is 0 Å². The van der Waals surface area contributed by atoms with Crippen molar-refractivity contribution in [2.24, 2.45) is 7.05 Å². The monoisotopic (exact) mass is 211 g/mol. The molecule has 0 saturated carbocycles. The van der Waals surface area contributed by atoms with Crippen molar-refractivity contribution in [2.45, 2.75) is 32.4 Å². The maximum atomic E-state index is 11.0. The molecule has 0 fully saturated rings. The Kier molecular flexibility index (Phi) is 3.47. The first-order chi connectivity index (χ1) is 6.98. The van der Waals surface area contributed by atoms with Gasteiger partial charge in [0, 0.05) is 19.8 Å². The average Bonchev–Trinajstić information content (AvgIpc) is 2.60. The lowest BCUT2D eigenvalue weighted by Gasteiger charge is -2.24. The van der Waals surface area contributed by atoms with Crippen molar-refractivity contribution in [1.82, 2.24) is 15.1 Å². The zero-order valence-electron chi connectivity index (χ0n) is 9.32. The third kappa shape index (κ3) is 2.79. The van der Waals surface area contributed by atoms with Gasteiger partial charge in [0.05, 0.1) is 5.69 Å². The van der Waals surface area contributed by atoms with Gasteiger partial charge in [0.15, 0.2) is 0 Å². The van der Waals surface area contributed by atoms with Crippen LogP contribution in [0.1, 0.15) is 26.0 Å². The molecule has 1 atom stereocenters. The maximum Gasteiger partial charge on any atom is 0.323 e. The smallest absolute Gasteiger partial charge is 0.323 e. The Balaban J connectivity index is 2.59. The average molecular weight is 211 g/mol. The van der Waals surface area contributed by atoms with Gasteiger partial charge in [-0.25, -0.2) is 0 Å². The molecule has 15 heavy (non-hydrogen) atoms. The van der Waals surface area contributed by atoms with Crippen LogP contribution in [0, 0.1) is 0 Å². The van der Waals surface area contributed by atoms with Gasteiger partial charge < -0.3 is 5.11 Å². The highest BCUT2D eigenvalue weighted by Crippen LogP contribution is 2.10. The molecule has 0 aromatic carbocycles. The molecule has 5 heteroatoms. The van der Waals surface area contributed by atoms with Crippen molar-refractivity contribution in [3.05, 3.63) is 18.0 Å². The molecule has 0 aliphatic rings. The molecule has 0 bridgehead atoms. The largest absolute Gasteiger partial charge is 0.480 e. The molecule has 2 N–H and O–H groups in total. The van der Waals surface area contributed by atoms with Crippen LogP contribution in [0.15, 0.2) is 12.3 Å². The van der Waals surface area contributed by atoms with Gasteiger partial charge in [-0.2, -0.15) is 5.10 Å². The van der Waals surface area contributed by atoms with Crippen LogP contribution in [0.5, 0.6) is 0 Å². The summed E-state index contributed by atoms with van der Waals surface area (Å²) in [5.41, 5.74) is -0.0317. The van der Waals surface area contributed by atoms with Crippen molar-refractivity contribution in [2.75, 3.05) is 0 Å². The van der Waals surface area contributed by atoms with E-state index in [2.05, 4.69) is 10.4 Å². The molecular weight excluding hydrogens is 194 g/mol. The standard InChI is InChI=1S/C10H17N3O2/c1-4-10(2,9(14)15)11-7-8-5-6-13(3)12-8/h5-6,11H,4,7H2,1-3H3,(H,14,15). The number of aliphatic carboxylic acids is 1. The van der Waals surface area contributed by atoms with Gasteiger partial charge in [-0.3, -0.25) is 14.8 Å². The first-order valence-electron chi connectivity index (χ1n) is 4.95. The first kappa shape index (κ1) is 11.7. The Morgan fingerprint density at radius 1 is 1.73 bits per heavy atom. The van der Waals surface area contributed by atoms with E-state index in [4.69, 9.17) is 5.11 Å². The van der Waals surface area contributed by atoms with Gasteiger partial charge in [0.1, 0.15) is 5.54 Å². The number of nitrogens with zero attached hydrogens (tertiary/aromatic N) is 2. The Morgan fingerprint density at radius 3 is 2.80 bits per heavy atom. The van der Waals surface area contributed by atoms with Crippen LogP contribution in [0.25, 0.3) is 0 Å². The van der Waals surface area contributed by atoms with E-state index in [1.165, 1.54) is 0 Å². The van der Waals surface area contributed by atoms with Crippen molar-refractivity contribution in [3.63, 3.8) is 0 Å². The SMILES string of the molecule is CCC(C)(NCc1ccn(C)n1)C(=O)O. The van der Waals surface area contributed by atoms with E-state index in [-0.39, 0.29) is 0 Å². The number of aromatic nitrogens is 2. The molecular formula is C10H17N3O2. The molecule has 5 nitrogen and oxygen atoms in total. The van der Waals surface area contributed by atoms with Gasteiger partial charge in [-0.1, -0.05) is 6.92 Å². The minimum atomic E-state index is -0.877. The highest BCUT2D eigenvalue weighted by atomic mass is 16.4.